The Balaban J connectivity index is 2.61. The fourth-order valence-electron chi connectivity index (χ4n) is 0.163. The summed E-state index contributed by atoms with van der Waals surface area (Å²) in [5.41, 5.74) is 0. The van der Waals surface area contributed by atoms with Crippen LogP contribution in [0.1, 0.15) is 0 Å². The zero-order chi connectivity index (χ0) is 3.54. The number of hydrogen-bond donors (Lipinski definition) is 0. The van der Waals surface area contributed by atoms with Crippen molar-refractivity contribution in [3.8, 4) is 0 Å². The summed E-state index contributed by atoms with van der Waals surface area (Å²) >= 11 is 0.812. The normalized spacial score (nSPS) is 17.6. The summed E-state index contributed by atoms with van der Waals surface area (Å²) in [4.78, 5) is 5.84. The maximum absolute atomic E-state index is 3.79. The van der Waals surface area contributed by atoms with Crippen molar-refractivity contribution in [2.75, 3.05) is 0 Å². The van der Waals surface area contributed by atoms with Crippen molar-refractivity contribution >= 4 is 5.11 Å². The molecule has 0 atom stereocenters. The second-order valence-electron chi connectivity index (χ2n) is 0.648. The van der Waals surface area contributed by atoms with Crippen LogP contribution in [0.25, 0.3) is 0 Å². The summed E-state index contributed by atoms with van der Waals surface area (Å²) in [6, 6.07) is 0. The van der Waals surface area contributed by atoms with E-state index >= 15 is 0 Å². The second-order valence-corrected chi connectivity index (χ2v) is 1.74. The van der Waals surface area contributed by atoms with Gasteiger partial charge in [-0.15, -0.1) is 0 Å². The van der Waals surface area contributed by atoms with Gasteiger partial charge in [-0.25, -0.2) is 0 Å². The van der Waals surface area contributed by atoms with Crippen LogP contribution in [0.4, 0.5) is 0 Å². The first-order valence-electron chi connectivity index (χ1n) is 1.29. The molecule has 27 valence electrons. The summed E-state index contributed by atoms with van der Waals surface area (Å²) in [5.74, 6) is 0. The number of aliphatic imine (C=N–C) groups is 1. The van der Waals surface area contributed by atoms with Gasteiger partial charge in [-0.05, 0) is 0 Å². The van der Waals surface area contributed by atoms with Crippen LogP contribution in [0.3, 0.4) is 0 Å². The van der Waals surface area contributed by atoms with Crippen LogP contribution in [0, 0.1) is 0 Å². The van der Waals surface area contributed by atoms with Crippen LogP contribution in [-0.2, 0) is 15.0 Å². The number of rotatable bonds is 0. The summed E-state index contributed by atoms with van der Waals surface area (Å²) in [7, 11) is 0. The molecule has 1 heterocycles. The van der Waals surface area contributed by atoms with Crippen molar-refractivity contribution in [2.45, 2.75) is 0 Å². The Bertz CT molecular complexity index is 65.0. The van der Waals surface area contributed by atoms with E-state index in [0.717, 1.165) is 15.0 Å². The van der Waals surface area contributed by atoms with E-state index in [0.29, 0.717) is 0 Å². The molecule has 0 amide bonds. The van der Waals surface area contributed by atoms with E-state index in [1.807, 2.05) is 16.3 Å². The fourth-order valence-corrected chi connectivity index (χ4v) is 0.671. The van der Waals surface area contributed by atoms with Gasteiger partial charge in [0.1, 0.15) is 0 Å². The van der Waals surface area contributed by atoms with Crippen LogP contribution < -0.4 is 0 Å². The molecule has 0 N–H and O–H groups in total. The molecule has 0 radical (unpaired) electrons. The average molecular weight is 108 g/mol. The van der Waals surface area contributed by atoms with E-state index in [-0.39, 0.29) is 0 Å². The minimum atomic E-state index is 0.812. The SMILES string of the molecule is C1=[CH][Mn][CH]=N1. The number of nitrogens with zero attached hydrogens (tertiary/aromatic N) is 1. The van der Waals surface area contributed by atoms with Crippen LogP contribution in [0.2, 0.25) is 0 Å². The molecule has 0 bridgehead atoms. The summed E-state index contributed by atoms with van der Waals surface area (Å²) < 4.78 is 0. The third-order valence-electron chi connectivity index (χ3n) is 0.328. The van der Waals surface area contributed by atoms with E-state index in [4.69, 9.17) is 0 Å². The van der Waals surface area contributed by atoms with Gasteiger partial charge in [0.05, 0.1) is 0 Å². The van der Waals surface area contributed by atoms with E-state index in [9.17, 15) is 0 Å². The van der Waals surface area contributed by atoms with E-state index < -0.39 is 0 Å². The Morgan fingerprint density at radius 2 is 2.60 bits per heavy atom. The third kappa shape index (κ3) is 0.602. The Kier molecular flexibility index (Phi) is 0.869. The Hall–Kier alpha value is -0.0705. The zero-order valence-corrected chi connectivity index (χ0v) is 3.74. The molecule has 0 saturated carbocycles. The van der Waals surface area contributed by atoms with Gasteiger partial charge in [0.25, 0.3) is 0 Å². The average Bonchev–Trinajstić information content (AvgIpc) is 1.76. The molecule has 1 aliphatic rings. The summed E-state index contributed by atoms with van der Waals surface area (Å²) in [5, 5.41) is 1.91. The molecule has 0 unspecified atom stereocenters. The maximum atomic E-state index is 3.79. The molecule has 1 aliphatic heterocycles. The number of hydrogen-bond acceptors (Lipinski definition) is 1. The Morgan fingerprint density at radius 1 is 1.60 bits per heavy atom. The molecule has 1 nitrogen and oxygen atoms in total. The monoisotopic (exact) mass is 108 g/mol. The molecule has 0 aromatic rings. The quantitative estimate of drug-likeness (QED) is 0.402. The van der Waals surface area contributed by atoms with Crippen LogP contribution in [0.15, 0.2) is 16.2 Å². The molecule has 0 fully saturated rings. The van der Waals surface area contributed by atoms with Crippen molar-refractivity contribution in [3.05, 3.63) is 11.2 Å². The molecule has 5 heavy (non-hydrogen) atoms. The van der Waals surface area contributed by atoms with Crippen LogP contribution in [-0.4, -0.2) is 5.11 Å². The molecular weight excluding hydrogens is 105 g/mol. The van der Waals surface area contributed by atoms with Gasteiger partial charge in [0.15, 0.2) is 0 Å². The predicted molar refractivity (Wildman–Crippen MR) is 17.6 cm³/mol. The summed E-state index contributed by atoms with van der Waals surface area (Å²) in [6.45, 7) is 0. The predicted octanol–water partition coefficient (Wildman–Crippen LogP) is 0.582. The van der Waals surface area contributed by atoms with E-state index in [1.165, 1.54) is 0 Å². The molecule has 0 saturated heterocycles. The van der Waals surface area contributed by atoms with Gasteiger partial charge in [0.2, 0.25) is 0 Å². The van der Waals surface area contributed by atoms with Gasteiger partial charge < -0.3 is 0 Å². The van der Waals surface area contributed by atoms with Gasteiger partial charge in [-0.1, -0.05) is 0 Å². The first-order valence-corrected chi connectivity index (χ1v) is 2.65. The van der Waals surface area contributed by atoms with Crippen molar-refractivity contribution < 1.29 is 15.0 Å². The fraction of sp³-hybridized carbons (Fsp3) is 0. The van der Waals surface area contributed by atoms with Gasteiger partial charge in [-0.2, -0.15) is 0 Å². The molecule has 2 heteroatoms. The first kappa shape index (κ1) is 3.13. The van der Waals surface area contributed by atoms with Crippen molar-refractivity contribution in [2.24, 2.45) is 4.99 Å². The van der Waals surface area contributed by atoms with E-state index in [1.54, 1.807) is 0 Å². The van der Waals surface area contributed by atoms with Crippen molar-refractivity contribution in [1.82, 2.24) is 0 Å². The molecular formula is C3H3MnN. The summed E-state index contributed by atoms with van der Waals surface area (Å²) in [6.07, 6.45) is 1.82. The first-order chi connectivity index (χ1) is 2.50. The Morgan fingerprint density at radius 3 is 2.80 bits per heavy atom. The standard InChI is InChI=1S/C3H3N.Mn/c1-3-4-2;/h1-3H;. The van der Waals surface area contributed by atoms with E-state index in [2.05, 4.69) is 4.99 Å². The van der Waals surface area contributed by atoms with Gasteiger partial charge >= 0.3 is 36.2 Å². The topological polar surface area (TPSA) is 12.4 Å². The molecule has 0 aromatic carbocycles. The zero-order valence-electron chi connectivity index (χ0n) is 2.56. The minimum absolute atomic E-state index is 0.812. The van der Waals surface area contributed by atoms with Gasteiger partial charge in [-0.3, -0.25) is 0 Å². The van der Waals surface area contributed by atoms with Crippen LogP contribution >= 0.6 is 0 Å². The molecule has 0 aliphatic carbocycles. The second kappa shape index (κ2) is 1.39. The van der Waals surface area contributed by atoms with Gasteiger partial charge in [0, 0.05) is 0 Å². The van der Waals surface area contributed by atoms with Crippen LogP contribution in [0.5, 0.6) is 0 Å². The van der Waals surface area contributed by atoms with Crippen molar-refractivity contribution in [3.63, 3.8) is 0 Å². The molecule has 0 spiro atoms. The Labute approximate surface area is 36.9 Å². The molecule has 0 aromatic heterocycles. The van der Waals surface area contributed by atoms with Crippen molar-refractivity contribution in [1.29, 1.82) is 0 Å². The third-order valence-corrected chi connectivity index (χ3v) is 1.08. The molecule has 1 rings (SSSR count).